The van der Waals surface area contributed by atoms with E-state index in [0.29, 0.717) is 17.5 Å². The maximum absolute atomic E-state index is 13.7. The lowest BCUT2D eigenvalue weighted by Crippen LogP contribution is -2.51. The van der Waals surface area contributed by atoms with Crippen LogP contribution in [0.3, 0.4) is 0 Å². The maximum atomic E-state index is 13.7. The molecule has 5 nitrogen and oxygen atoms in total. The molecule has 2 amide bonds. The first-order chi connectivity index (χ1) is 12.0. The molecular formula is C19H21FN2O3. The smallest absolute Gasteiger partial charge is 0.251 e. The van der Waals surface area contributed by atoms with Gasteiger partial charge < -0.3 is 15.7 Å². The van der Waals surface area contributed by atoms with Gasteiger partial charge in [0.15, 0.2) is 0 Å². The number of aliphatic hydroxyl groups excluding tert-OH is 1. The predicted octanol–water partition coefficient (Wildman–Crippen LogP) is 1.66. The summed E-state index contributed by atoms with van der Waals surface area (Å²) in [6.45, 7) is 1.20. The number of rotatable bonds is 7. The van der Waals surface area contributed by atoms with Crippen LogP contribution in [0.5, 0.6) is 0 Å². The Labute approximate surface area is 145 Å². The van der Waals surface area contributed by atoms with Crippen molar-refractivity contribution in [2.24, 2.45) is 0 Å². The number of halogens is 1. The van der Waals surface area contributed by atoms with Gasteiger partial charge in [-0.3, -0.25) is 9.59 Å². The second-order valence-electron chi connectivity index (χ2n) is 5.78. The zero-order valence-corrected chi connectivity index (χ0v) is 13.9. The molecule has 2 aromatic carbocycles. The molecule has 0 heterocycles. The van der Waals surface area contributed by atoms with Crippen LogP contribution in [0.15, 0.2) is 54.6 Å². The summed E-state index contributed by atoms with van der Waals surface area (Å²) >= 11 is 0. The molecule has 0 aromatic heterocycles. The fraction of sp³-hybridized carbons (Fsp3) is 0.263. The third-order valence-corrected chi connectivity index (χ3v) is 3.71. The summed E-state index contributed by atoms with van der Waals surface area (Å²) in [6.07, 6.45) is 0.309. The molecule has 2 rings (SSSR count). The van der Waals surface area contributed by atoms with Gasteiger partial charge in [0.2, 0.25) is 5.91 Å². The molecule has 0 unspecified atom stereocenters. The van der Waals surface area contributed by atoms with Crippen molar-refractivity contribution < 1.29 is 19.1 Å². The summed E-state index contributed by atoms with van der Waals surface area (Å²) < 4.78 is 13.7. The fourth-order valence-electron chi connectivity index (χ4n) is 2.41. The number of carbonyl (C=O) groups excluding carboxylic acids is 2. The van der Waals surface area contributed by atoms with Gasteiger partial charge in [0.05, 0.1) is 6.61 Å². The summed E-state index contributed by atoms with van der Waals surface area (Å²) in [7, 11) is 0. The summed E-state index contributed by atoms with van der Waals surface area (Å²) in [5.41, 5.74) is 0.886. The highest BCUT2D eigenvalue weighted by molar-refractivity contribution is 5.97. The van der Waals surface area contributed by atoms with Crippen LogP contribution in [-0.4, -0.2) is 35.6 Å². The lowest BCUT2D eigenvalue weighted by Gasteiger charge is -2.20. The van der Waals surface area contributed by atoms with Crippen LogP contribution in [-0.2, 0) is 11.2 Å². The minimum absolute atomic E-state index is 0.309. The zero-order valence-electron chi connectivity index (χ0n) is 13.9. The maximum Gasteiger partial charge on any atom is 0.251 e. The van der Waals surface area contributed by atoms with Crippen molar-refractivity contribution in [3.8, 4) is 0 Å². The molecule has 0 saturated heterocycles. The number of aliphatic hydroxyl groups is 1. The van der Waals surface area contributed by atoms with Gasteiger partial charge in [0.1, 0.15) is 11.9 Å². The fourth-order valence-corrected chi connectivity index (χ4v) is 2.41. The highest BCUT2D eigenvalue weighted by atomic mass is 19.1. The SMILES string of the molecule is C[C@@H](Cc1ccccc1F)NC(=O)[C@H](CO)NC(=O)c1ccccc1. The van der Waals surface area contributed by atoms with Crippen molar-refractivity contribution in [3.05, 3.63) is 71.5 Å². The van der Waals surface area contributed by atoms with E-state index in [1.807, 2.05) is 0 Å². The normalized spacial score (nSPS) is 12.9. The molecule has 25 heavy (non-hydrogen) atoms. The zero-order chi connectivity index (χ0) is 18.2. The molecule has 0 spiro atoms. The second-order valence-corrected chi connectivity index (χ2v) is 5.78. The Bertz CT molecular complexity index is 722. The quantitative estimate of drug-likeness (QED) is 0.715. The first-order valence-corrected chi connectivity index (χ1v) is 8.01. The number of benzene rings is 2. The molecule has 0 aliphatic rings. The van der Waals surface area contributed by atoms with Crippen molar-refractivity contribution in [2.45, 2.75) is 25.4 Å². The largest absolute Gasteiger partial charge is 0.394 e. The number of hydrogen-bond acceptors (Lipinski definition) is 3. The molecule has 0 aliphatic heterocycles. The van der Waals surface area contributed by atoms with Gasteiger partial charge in [0.25, 0.3) is 5.91 Å². The van der Waals surface area contributed by atoms with Crippen molar-refractivity contribution >= 4 is 11.8 Å². The molecule has 0 aliphatic carbocycles. The van der Waals surface area contributed by atoms with Crippen molar-refractivity contribution in [3.63, 3.8) is 0 Å². The summed E-state index contributed by atoms with van der Waals surface area (Å²) in [4.78, 5) is 24.3. The van der Waals surface area contributed by atoms with Gasteiger partial charge >= 0.3 is 0 Å². The second kappa shape index (κ2) is 8.94. The van der Waals surface area contributed by atoms with E-state index in [9.17, 15) is 19.1 Å². The van der Waals surface area contributed by atoms with Crippen LogP contribution in [0, 0.1) is 5.82 Å². The van der Waals surface area contributed by atoms with Crippen LogP contribution < -0.4 is 10.6 Å². The van der Waals surface area contributed by atoms with Crippen molar-refractivity contribution in [2.75, 3.05) is 6.61 Å². The Morgan fingerprint density at radius 2 is 1.68 bits per heavy atom. The van der Waals surface area contributed by atoms with E-state index in [1.165, 1.54) is 6.07 Å². The number of carbonyl (C=O) groups is 2. The summed E-state index contributed by atoms with van der Waals surface area (Å²) in [5, 5.41) is 14.6. The van der Waals surface area contributed by atoms with Gasteiger partial charge in [-0.2, -0.15) is 0 Å². The minimum Gasteiger partial charge on any atom is -0.394 e. The van der Waals surface area contributed by atoms with Crippen LogP contribution in [0.4, 0.5) is 4.39 Å². The molecule has 6 heteroatoms. The molecule has 132 valence electrons. The Morgan fingerprint density at radius 1 is 1.04 bits per heavy atom. The molecule has 0 bridgehead atoms. The van der Waals surface area contributed by atoms with E-state index < -0.39 is 24.5 Å². The molecule has 0 fully saturated rings. The van der Waals surface area contributed by atoms with Crippen LogP contribution in [0.2, 0.25) is 0 Å². The molecule has 2 atom stereocenters. The van der Waals surface area contributed by atoms with Crippen molar-refractivity contribution in [1.82, 2.24) is 10.6 Å². The molecule has 2 aromatic rings. The van der Waals surface area contributed by atoms with E-state index in [2.05, 4.69) is 10.6 Å². The van der Waals surface area contributed by atoms with Crippen LogP contribution >= 0.6 is 0 Å². The van der Waals surface area contributed by atoms with Gasteiger partial charge in [-0.15, -0.1) is 0 Å². The van der Waals surface area contributed by atoms with E-state index in [1.54, 1.807) is 55.5 Å². The van der Waals surface area contributed by atoms with E-state index >= 15 is 0 Å². The van der Waals surface area contributed by atoms with Gasteiger partial charge in [-0.25, -0.2) is 4.39 Å². The van der Waals surface area contributed by atoms with Gasteiger partial charge in [-0.05, 0) is 37.1 Å². The molecular weight excluding hydrogens is 323 g/mol. The number of amides is 2. The molecule has 3 N–H and O–H groups in total. The molecule has 0 saturated carbocycles. The third kappa shape index (κ3) is 5.39. The standard InChI is InChI=1S/C19H21FN2O3/c1-13(11-15-9-5-6-10-16(15)20)21-19(25)17(12-23)22-18(24)14-7-3-2-4-8-14/h2-10,13,17,23H,11-12H2,1H3,(H,21,25)(H,22,24)/t13-,17-/m0/s1. The predicted molar refractivity (Wildman–Crippen MR) is 92.5 cm³/mol. The lowest BCUT2D eigenvalue weighted by atomic mass is 10.1. The number of hydrogen-bond donors (Lipinski definition) is 3. The lowest BCUT2D eigenvalue weighted by molar-refractivity contribution is -0.124. The van der Waals surface area contributed by atoms with E-state index in [-0.39, 0.29) is 11.9 Å². The monoisotopic (exact) mass is 344 g/mol. The Balaban J connectivity index is 1.93. The van der Waals surface area contributed by atoms with Gasteiger partial charge in [-0.1, -0.05) is 36.4 Å². The summed E-state index contributed by atoms with van der Waals surface area (Å²) in [5.74, 6) is -1.30. The molecule has 0 radical (unpaired) electrons. The average Bonchev–Trinajstić information content (AvgIpc) is 2.62. The van der Waals surface area contributed by atoms with Crippen molar-refractivity contribution in [1.29, 1.82) is 0 Å². The Kier molecular flexibility index (Phi) is 6.65. The van der Waals surface area contributed by atoms with E-state index in [4.69, 9.17) is 0 Å². The first-order valence-electron chi connectivity index (χ1n) is 8.01. The number of nitrogens with one attached hydrogen (secondary N) is 2. The Hall–Kier alpha value is -2.73. The third-order valence-electron chi connectivity index (χ3n) is 3.71. The minimum atomic E-state index is -1.07. The Morgan fingerprint density at radius 3 is 2.32 bits per heavy atom. The summed E-state index contributed by atoms with van der Waals surface area (Å²) in [6, 6.07) is 13.3. The highest BCUT2D eigenvalue weighted by Crippen LogP contribution is 2.09. The topological polar surface area (TPSA) is 78.4 Å². The van der Waals surface area contributed by atoms with Crippen LogP contribution in [0.25, 0.3) is 0 Å². The highest BCUT2D eigenvalue weighted by Gasteiger charge is 2.22. The van der Waals surface area contributed by atoms with Gasteiger partial charge in [0, 0.05) is 11.6 Å². The van der Waals surface area contributed by atoms with Crippen LogP contribution in [0.1, 0.15) is 22.8 Å². The van der Waals surface area contributed by atoms with E-state index in [0.717, 1.165) is 0 Å². The average molecular weight is 344 g/mol. The first kappa shape index (κ1) is 18.6.